The van der Waals surface area contributed by atoms with Gasteiger partial charge in [0.1, 0.15) is 0 Å². The van der Waals surface area contributed by atoms with Crippen molar-refractivity contribution in [3.63, 3.8) is 0 Å². The van der Waals surface area contributed by atoms with Crippen LogP contribution in [-0.4, -0.2) is 0 Å². The van der Waals surface area contributed by atoms with E-state index in [2.05, 4.69) is 25.7 Å². The Balaban J connectivity index is 3.00. The molecule has 0 amide bonds. The molecule has 0 spiro atoms. The highest BCUT2D eigenvalue weighted by molar-refractivity contribution is 4.82. The van der Waals surface area contributed by atoms with Gasteiger partial charge < -0.3 is 0 Å². The minimum Gasteiger partial charge on any atom is -0.103 e. The van der Waals surface area contributed by atoms with Gasteiger partial charge in [0.05, 0.1) is 0 Å². The van der Waals surface area contributed by atoms with Gasteiger partial charge in [0.25, 0.3) is 0 Å². The normalized spacial score (nSPS) is 11.2. The highest BCUT2D eigenvalue weighted by Crippen LogP contribution is 2.10. The molecule has 0 N–H and O–H groups in total. The third kappa shape index (κ3) is 15.5. The molecule has 0 aliphatic heterocycles. The summed E-state index contributed by atoms with van der Waals surface area (Å²) in [6, 6.07) is 0. The van der Waals surface area contributed by atoms with Crippen molar-refractivity contribution in [2.45, 2.75) is 90.4 Å². The van der Waals surface area contributed by atoms with Gasteiger partial charge in [-0.15, -0.1) is 6.58 Å². The molecule has 0 rings (SSSR count). The van der Waals surface area contributed by atoms with Crippen molar-refractivity contribution >= 4 is 0 Å². The van der Waals surface area contributed by atoms with Crippen LogP contribution in [0.1, 0.15) is 90.4 Å². The number of allylic oxidation sites excluding steroid dienone is 3. The fraction of sp³-hybridized carbons (Fsp3) is 0.778. The lowest BCUT2D eigenvalue weighted by molar-refractivity contribution is 0.566. The van der Waals surface area contributed by atoms with Crippen LogP contribution in [0.3, 0.4) is 0 Å². The van der Waals surface area contributed by atoms with Gasteiger partial charge in [-0.25, -0.2) is 0 Å². The average Bonchev–Trinajstić information content (AvgIpc) is 2.39. The fourth-order valence-electron chi connectivity index (χ4n) is 2.19. The molecule has 0 unspecified atom stereocenters. The zero-order valence-electron chi connectivity index (χ0n) is 12.6. The molecule has 0 saturated carbocycles. The molecular formula is C18H34. The van der Waals surface area contributed by atoms with E-state index in [1.807, 2.05) is 6.08 Å². The minimum atomic E-state index is 1.16. The molecule has 0 aromatic rings. The maximum Gasteiger partial charge on any atom is -0.0348 e. The average molecular weight is 250 g/mol. The van der Waals surface area contributed by atoms with Crippen LogP contribution in [0.4, 0.5) is 0 Å². The van der Waals surface area contributed by atoms with Gasteiger partial charge in [-0.05, 0) is 32.1 Å². The number of hydrogen-bond acceptors (Lipinski definition) is 0. The Labute approximate surface area is 116 Å². The molecule has 18 heavy (non-hydrogen) atoms. The molecule has 106 valence electrons. The molecule has 0 bridgehead atoms. The van der Waals surface area contributed by atoms with E-state index in [1.54, 1.807) is 0 Å². The summed E-state index contributed by atoms with van der Waals surface area (Å²) in [5.74, 6) is 0. The first kappa shape index (κ1) is 17.5. The van der Waals surface area contributed by atoms with Crippen molar-refractivity contribution in [2.24, 2.45) is 0 Å². The SMILES string of the molecule is C=CCCCC=CCCCCCCCCCCC. The molecule has 0 fully saturated rings. The maximum atomic E-state index is 3.74. The third-order valence-corrected chi connectivity index (χ3v) is 3.42. The quantitative estimate of drug-likeness (QED) is 0.234. The third-order valence-electron chi connectivity index (χ3n) is 3.42. The van der Waals surface area contributed by atoms with Crippen LogP contribution in [0.15, 0.2) is 24.8 Å². The molecule has 0 atom stereocenters. The van der Waals surface area contributed by atoms with Gasteiger partial charge in [-0.3, -0.25) is 0 Å². The Hall–Kier alpha value is -0.520. The van der Waals surface area contributed by atoms with Crippen LogP contribution >= 0.6 is 0 Å². The van der Waals surface area contributed by atoms with Crippen molar-refractivity contribution in [1.82, 2.24) is 0 Å². The topological polar surface area (TPSA) is 0 Å². The predicted octanol–water partition coefficient (Wildman–Crippen LogP) is 6.82. The van der Waals surface area contributed by atoms with Gasteiger partial charge >= 0.3 is 0 Å². The number of rotatable bonds is 14. The van der Waals surface area contributed by atoms with Crippen LogP contribution in [-0.2, 0) is 0 Å². The summed E-state index contributed by atoms with van der Waals surface area (Å²) in [6.45, 7) is 6.02. The van der Waals surface area contributed by atoms with E-state index in [0.717, 1.165) is 6.42 Å². The molecule has 0 nitrogen and oxygen atoms in total. The van der Waals surface area contributed by atoms with E-state index in [0.29, 0.717) is 0 Å². The molecule has 0 heteroatoms. The van der Waals surface area contributed by atoms with E-state index in [9.17, 15) is 0 Å². The summed E-state index contributed by atoms with van der Waals surface area (Å²) >= 11 is 0. The molecule has 0 aliphatic carbocycles. The van der Waals surface area contributed by atoms with Crippen LogP contribution in [0.25, 0.3) is 0 Å². The monoisotopic (exact) mass is 250 g/mol. The van der Waals surface area contributed by atoms with Crippen molar-refractivity contribution < 1.29 is 0 Å². The highest BCUT2D eigenvalue weighted by atomic mass is 14.0. The number of hydrogen-bond donors (Lipinski definition) is 0. The van der Waals surface area contributed by atoms with Gasteiger partial charge in [0.15, 0.2) is 0 Å². The molecule has 0 aromatic carbocycles. The molecular weight excluding hydrogens is 216 g/mol. The largest absolute Gasteiger partial charge is 0.103 e. The molecule has 0 saturated heterocycles. The maximum absolute atomic E-state index is 3.74. The highest BCUT2D eigenvalue weighted by Gasteiger charge is 1.91. The zero-order valence-corrected chi connectivity index (χ0v) is 12.6. The summed E-state index contributed by atoms with van der Waals surface area (Å²) in [5, 5.41) is 0. The van der Waals surface area contributed by atoms with Crippen molar-refractivity contribution in [3.8, 4) is 0 Å². The van der Waals surface area contributed by atoms with E-state index in [4.69, 9.17) is 0 Å². The van der Waals surface area contributed by atoms with Crippen LogP contribution in [0.5, 0.6) is 0 Å². The van der Waals surface area contributed by atoms with E-state index >= 15 is 0 Å². The Morgan fingerprint density at radius 3 is 1.67 bits per heavy atom. The lowest BCUT2D eigenvalue weighted by Crippen LogP contribution is -1.80. The second kappa shape index (κ2) is 16.5. The van der Waals surface area contributed by atoms with Crippen LogP contribution < -0.4 is 0 Å². The smallest absolute Gasteiger partial charge is 0.0348 e. The van der Waals surface area contributed by atoms with E-state index in [-0.39, 0.29) is 0 Å². The lowest BCUT2D eigenvalue weighted by Gasteiger charge is -2.00. The first-order valence-electron chi connectivity index (χ1n) is 8.17. The predicted molar refractivity (Wildman–Crippen MR) is 85.0 cm³/mol. The Morgan fingerprint density at radius 1 is 0.611 bits per heavy atom. The summed E-state index contributed by atoms with van der Waals surface area (Å²) in [7, 11) is 0. The van der Waals surface area contributed by atoms with Crippen molar-refractivity contribution in [1.29, 1.82) is 0 Å². The van der Waals surface area contributed by atoms with E-state index in [1.165, 1.54) is 77.0 Å². The second-order valence-corrected chi connectivity index (χ2v) is 5.31. The Morgan fingerprint density at radius 2 is 1.11 bits per heavy atom. The van der Waals surface area contributed by atoms with Crippen LogP contribution in [0, 0.1) is 0 Å². The summed E-state index contributed by atoms with van der Waals surface area (Å²) < 4.78 is 0. The van der Waals surface area contributed by atoms with Gasteiger partial charge in [-0.1, -0.05) is 76.5 Å². The standard InChI is InChI=1S/C18H34/c1-3-5-7-9-11-13-15-17-18-16-14-12-10-8-6-4-2/h3,11,13H,1,4-10,12,14-18H2,2H3. The second-order valence-electron chi connectivity index (χ2n) is 5.31. The number of unbranched alkanes of at least 4 members (excludes halogenated alkanes) is 11. The molecule has 0 aromatic heterocycles. The Kier molecular flexibility index (Phi) is 16.0. The minimum absolute atomic E-state index is 1.16. The fourth-order valence-corrected chi connectivity index (χ4v) is 2.19. The molecule has 0 radical (unpaired) electrons. The first-order valence-corrected chi connectivity index (χ1v) is 8.17. The summed E-state index contributed by atoms with van der Waals surface area (Å²) in [6.07, 6.45) is 24.5. The summed E-state index contributed by atoms with van der Waals surface area (Å²) in [4.78, 5) is 0. The van der Waals surface area contributed by atoms with E-state index < -0.39 is 0 Å². The zero-order chi connectivity index (χ0) is 13.3. The van der Waals surface area contributed by atoms with Crippen LogP contribution in [0.2, 0.25) is 0 Å². The van der Waals surface area contributed by atoms with Gasteiger partial charge in [-0.2, -0.15) is 0 Å². The van der Waals surface area contributed by atoms with Gasteiger partial charge in [0.2, 0.25) is 0 Å². The molecule has 0 heterocycles. The molecule has 0 aliphatic rings. The Bertz CT molecular complexity index is 178. The van der Waals surface area contributed by atoms with Crippen molar-refractivity contribution in [2.75, 3.05) is 0 Å². The van der Waals surface area contributed by atoms with Crippen molar-refractivity contribution in [3.05, 3.63) is 24.8 Å². The summed E-state index contributed by atoms with van der Waals surface area (Å²) in [5.41, 5.74) is 0. The van der Waals surface area contributed by atoms with Gasteiger partial charge in [0, 0.05) is 0 Å². The first-order chi connectivity index (χ1) is 8.91. The lowest BCUT2D eigenvalue weighted by atomic mass is 10.1.